The summed E-state index contributed by atoms with van der Waals surface area (Å²) >= 11 is 5.83. The first-order valence-electron chi connectivity index (χ1n) is 9.40. The fourth-order valence-corrected chi connectivity index (χ4v) is 3.39. The van der Waals surface area contributed by atoms with Crippen molar-refractivity contribution in [3.05, 3.63) is 53.2 Å². The summed E-state index contributed by atoms with van der Waals surface area (Å²) in [6.07, 6.45) is 3.41. The third-order valence-electron chi connectivity index (χ3n) is 4.61. The zero-order valence-corrected chi connectivity index (χ0v) is 16.6. The number of likely N-dealkylation sites (tertiary alicyclic amines) is 1. The Balaban J connectivity index is 1.48. The fourth-order valence-electron chi connectivity index (χ4n) is 3.28. The number of rotatable bonds is 6. The predicted octanol–water partition coefficient (Wildman–Crippen LogP) is 4.37. The van der Waals surface area contributed by atoms with Crippen LogP contribution >= 0.6 is 11.6 Å². The Hall–Kier alpha value is -2.11. The number of nitrogens with one attached hydrogen (secondary N) is 1. The number of anilines is 1. The molecule has 1 N–H and O–H groups in total. The Morgan fingerprint density at radius 2 is 2.07 bits per heavy atom. The van der Waals surface area contributed by atoms with Crippen LogP contribution in [0, 0.1) is 5.92 Å². The van der Waals surface area contributed by atoms with Gasteiger partial charge in [-0.1, -0.05) is 23.7 Å². The maximum atomic E-state index is 12.4. The van der Waals surface area contributed by atoms with Crippen molar-refractivity contribution in [3.8, 4) is 5.75 Å². The highest BCUT2D eigenvalue weighted by molar-refractivity contribution is 6.30. The van der Waals surface area contributed by atoms with Crippen molar-refractivity contribution in [2.45, 2.75) is 39.3 Å². The molecule has 0 saturated carbocycles. The maximum Gasteiger partial charge on any atom is 0.228 e. The zero-order valence-electron chi connectivity index (χ0n) is 15.8. The molecule has 6 heteroatoms. The Morgan fingerprint density at radius 3 is 2.74 bits per heavy atom. The summed E-state index contributed by atoms with van der Waals surface area (Å²) in [5.74, 6) is 1.52. The number of carbonyl (C=O) groups is 1. The van der Waals surface area contributed by atoms with Crippen LogP contribution in [0.5, 0.6) is 5.75 Å². The first kappa shape index (κ1) is 19.6. The maximum absolute atomic E-state index is 12.4. The van der Waals surface area contributed by atoms with Crippen molar-refractivity contribution < 1.29 is 9.53 Å². The smallest absolute Gasteiger partial charge is 0.228 e. The number of carbonyl (C=O) groups excluding carboxylic acids is 1. The van der Waals surface area contributed by atoms with E-state index >= 15 is 0 Å². The monoisotopic (exact) mass is 387 g/mol. The van der Waals surface area contributed by atoms with Gasteiger partial charge in [0, 0.05) is 18.7 Å². The molecule has 1 saturated heterocycles. The van der Waals surface area contributed by atoms with Gasteiger partial charge in [0.15, 0.2) is 0 Å². The van der Waals surface area contributed by atoms with Crippen molar-refractivity contribution in [3.63, 3.8) is 0 Å². The van der Waals surface area contributed by atoms with Gasteiger partial charge in [0.1, 0.15) is 11.6 Å². The molecule has 0 atom stereocenters. The molecule has 0 bridgehead atoms. The van der Waals surface area contributed by atoms with Gasteiger partial charge in [0.05, 0.1) is 11.1 Å². The number of hydrogen-bond acceptors (Lipinski definition) is 4. The first-order chi connectivity index (χ1) is 13.0. The average Bonchev–Trinajstić information content (AvgIpc) is 2.64. The minimum atomic E-state index is 0.0225. The molecule has 1 aromatic heterocycles. The van der Waals surface area contributed by atoms with Gasteiger partial charge in [-0.25, -0.2) is 4.98 Å². The SMILES string of the molecule is CC(C)Oc1cccc(CN2CCC(C(=O)Nc3ccc(Cl)cn3)CC2)c1. The number of ether oxygens (including phenoxy) is 1. The normalized spacial score (nSPS) is 15.7. The molecule has 0 spiro atoms. The molecule has 0 radical (unpaired) electrons. The largest absolute Gasteiger partial charge is 0.491 e. The topological polar surface area (TPSA) is 54.5 Å². The van der Waals surface area contributed by atoms with E-state index in [9.17, 15) is 4.79 Å². The van der Waals surface area contributed by atoms with E-state index in [4.69, 9.17) is 16.3 Å². The van der Waals surface area contributed by atoms with Crippen LogP contribution in [0.3, 0.4) is 0 Å². The van der Waals surface area contributed by atoms with Crippen LogP contribution in [0.2, 0.25) is 5.02 Å². The predicted molar refractivity (Wildman–Crippen MR) is 108 cm³/mol. The number of aromatic nitrogens is 1. The van der Waals surface area contributed by atoms with E-state index in [-0.39, 0.29) is 17.9 Å². The molecule has 0 aliphatic carbocycles. The average molecular weight is 388 g/mol. The Morgan fingerprint density at radius 1 is 1.30 bits per heavy atom. The summed E-state index contributed by atoms with van der Waals surface area (Å²) in [6.45, 7) is 6.75. The van der Waals surface area contributed by atoms with E-state index in [0.717, 1.165) is 38.2 Å². The van der Waals surface area contributed by atoms with Gasteiger partial charge in [-0.15, -0.1) is 0 Å². The van der Waals surface area contributed by atoms with Crippen molar-refractivity contribution in [2.75, 3.05) is 18.4 Å². The number of pyridine rings is 1. The van der Waals surface area contributed by atoms with Gasteiger partial charge in [0.25, 0.3) is 0 Å². The highest BCUT2D eigenvalue weighted by atomic mass is 35.5. The van der Waals surface area contributed by atoms with Crippen molar-refractivity contribution in [1.29, 1.82) is 0 Å². The Kier molecular flexibility index (Phi) is 6.69. The molecule has 0 unspecified atom stereocenters. The van der Waals surface area contributed by atoms with Gasteiger partial charge in [-0.2, -0.15) is 0 Å². The number of nitrogens with zero attached hydrogens (tertiary/aromatic N) is 2. The molecular weight excluding hydrogens is 362 g/mol. The number of hydrogen-bond donors (Lipinski definition) is 1. The van der Waals surface area contributed by atoms with Crippen LogP contribution in [0.4, 0.5) is 5.82 Å². The van der Waals surface area contributed by atoms with Crippen molar-refractivity contribution in [2.24, 2.45) is 5.92 Å². The second kappa shape index (κ2) is 9.20. The van der Waals surface area contributed by atoms with Crippen LogP contribution < -0.4 is 10.1 Å². The van der Waals surface area contributed by atoms with Gasteiger partial charge in [-0.05, 0) is 69.6 Å². The number of benzene rings is 1. The molecule has 1 amide bonds. The summed E-state index contributed by atoms with van der Waals surface area (Å²) in [7, 11) is 0. The van der Waals surface area contributed by atoms with E-state index in [0.29, 0.717) is 10.8 Å². The highest BCUT2D eigenvalue weighted by Crippen LogP contribution is 2.22. The zero-order chi connectivity index (χ0) is 19.2. The Labute approximate surface area is 165 Å². The van der Waals surface area contributed by atoms with Gasteiger partial charge >= 0.3 is 0 Å². The number of halogens is 1. The molecule has 27 heavy (non-hydrogen) atoms. The fraction of sp³-hybridized carbons (Fsp3) is 0.429. The molecule has 1 aliphatic rings. The molecule has 1 aromatic carbocycles. The lowest BCUT2D eigenvalue weighted by atomic mass is 9.95. The van der Waals surface area contributed by atoms with Crippen LogP contribution in [-0.2, 0) is 11.3 Å². The second-order valence-electron chi connectivity index (χ2n) is 7.22. The van der Waals surface area contributed by atoms with Crippen molar-refractivity contribution in [1.82, 2.24) is 9.88 Å². The second-order valence-corrected chi connectivity index (χ2v) is 7.65. The van der Waals surface area contributed by atoms with Crippen LogP contribution in [0.25, 0.3) is 0 Å². The van der Waals surface area contributed by atoms with Gasteiger partial charge in [-0.3, -0.25) is 9.69 Å². The summed E-state index contributed by atoms with van der Waals surface area (Å²) in [5.41, 5.74) is 1.24. The van der Waals surface area contributed by atoms with Crippen molar-refractivity contribution >= 4 is 23.3 Å². The van der Waals surface area contributed by atoms with E-state index in [1.54, 1.807) is 12.1 Å². The van der Waals surface area contributed by atoms with E-state index in [1.807, 2.05) is 26.0 Å². The summed E-state index contributed by atoms with van der Waals surface area (Å²) in [6, 6.07) is 11.7. The summed E-state index contributed by atoms with van der Waals surface area (Å²) < 4.78 is 5.77. The molecule has 1 fully saturated rings. The van der Waals surface area contributed by atoms with Crippen LogP contribution in [0.15, 0.2) is 42.6 Å². The molecule has 1 aliphatic heterocycles. The lowest BCUT2D eigenvalue weighted by Crippen LogP contribution is -2.37. The Bertz CT molecular complexity index is 756. The lowest BCUT2D eigenvalue weighted by Gasteiger charge is -2.31. The van der Waals surface area contributed by atoms with Crippen LogP contribution in [-0.4, -0.2) is 35.0 Å². The molecule has 3 rings (SSSR count). The minimum Gasteiger partial charge on any atom is -0.491 e. The summed E-state index contributed by atoms with van der Waals surface area (Å²) in [4.78, 5) is 19.0. The minimum absolute atomic E-state index is 0.0225. The molecule has 2 aromatic rings. The highest BCUT2D eigenvalue weighted by Gasteiger charge is 2.25. The number of amides is 1. The summed E-state index contributed by atoms with van der Waals surface area (Å²) in [5, 5.41) is 3.44. The van der Waals surface area contributed by atoms with Gasteiger partial charge < -0.3 is 10.1 Å². The lowest BCUT2D eigenvalue weighted by molar-refractivity contribution is -0.121. The quantitative estimate of drug-likeness (QED) is 0.799. The molecule has 144 valence electrons. The standard InChI is InChI=1S/C21H26ClN3O2/c1-15(2)27-19-5-3-4-16(12-19)14-25-10-8-17(9-11-25)21(26)24-20-7-6-18(22)13-23-20/h3-7,12-13,15,17H,8-11,14H2,1-2H3,(H,23,24,26). The first-order valence-corrected chi connectivity index (χ1v) is 9.78. The third kappa shape index (κ3) is 5.94. The molecule has 2 heterocycles. The van der Waals surface area contributed by atoms with Crippen LogP contribution in [0.1, 0.15) is 32.3 Å². The third-order valence-corrected chi connectivity index (χ3v) is 4.84. The van der Waals surface area contributed by atoms with E-state index in [1.165, 1.54) is 11.8 Å². The number of piperidine rings is 1. The van der Waals surface area contributed by atoms with Gasteiger partial charge in [0.2, 0.25) is 5.91 Å². The van der Waals surface area contributed by atoms with E-state index < -0.39 is 0 Å². The molecular formula is C21H26ClN3O2. The van der Waals surface area contributed by atoms with E-state index in [2.05, 4.69) is 27.3 Å². The molecule has 5 nitrogen and oxygen atoms in total.